The van der Waals surface area contributed by atoms with Crippen LogP contribution in [0, 0.1) is 0 Å². The Labute approximate surface area is 236 Å². The molecule has 0 bridgehead atoms. The summed E-state index contributed by atoms with van der Waals surface area (Å²) >= 11 is 0. The van der Waals surface area contributed by atoms with E-state index in [-0.39, 0.29) is 11.8 Å². The third kappa shape index (κ3) is 7.96. The van der Waals surface area contributed by atoms with Crippen molar-refractivity contribution in [1.29, 1.82) is 0 Å². The summed E-state index contributed by atoms with van der Waals surface area (Å²) in [5.74, 6) is 1.24. The summed E-state index contributed by atoms with van der Waals surface area (Å²) in [4.78, 5) is 29.3. The van der Waals surface area contributed by atoms with Gasteiger partial charge in [-0.25, -0.2) is 0 Å². The van der Waals surface area contributed by atoms with Crippen molar-refractivity contribution in [2.45, 2.75) is 31.8 Å². The third-order valence-corrected chi connectivity index (χ3v) is 6.85. The van der Waals surface area contributed by atoms with Gasteiger partial charge in [-0.15, -0.1) is 0 Å². The second kappa shape index (κ2) is 14.5. The average molecular weight is 537 g/mol. The summed E-state index contributed by atoms with van der Waals surface area (Å²) in [7, 11) is 3.26. The van der Waals surface area contributed by atoms with E-state index in [1.54, 1.807) is 19.1 Å². The number of ether oxygens (including phenoxy) is 2. The minimum absolute atomic E-state index is 0.0844. The van der Waals surface area contributed by atoms with Crippen LogP contribution >= 0.6 is 0 Å². The molecule has 0 aliphatic heterocycles. The van der Waals surface area contributed by atoms with Gasteiger partial charge in [0.1, 0.15) is 17.5 Å². The number of carbonyl (C=O) groups is 2. The van der Waals surface area contributed by atoms with Crippen molar-refractivity contribution in [2.24, 2.45) is 0 Å². The van der Waals surface area contributed by atoms with Gasteiger partial charge in [-0.2, -0.15) is 0 Å². The summed E-state index contributed by atoms with van der Waals surface area (Å²) in [6.07, 6.45) is 1.56. The minimum atomic E-state index is -0.776. The highest BCUT2D eigenvalue weighted by Crippen LogP contribution is 2.26. The number of methoxy groups -OCH3 is 2. The van der Waals surface area contributed by atoms with Crippen LogP contribution in [0.15, 0.2) is 109 Å². The molecule has 0 spiro atoms. The summed E-state index contributed by atoms with van der Waals surface area (Å²) in [6.45, 7) is 0.742. The lowest BCUT2D eigenvalue weighted by Crippen LogP contribution is -2.44. The average Bonchev–Trinajstić information content (AvgIpc) is 3.01. The molecule has 0 saturated heterocycles. The zero-order valence-electron chi connectivity index (χ0n) is 23.1. The highest BCUT2D eigenvalue weighted by Gasteiger charge is 2.31. The molecule has 4 aromatic carbocycles. The number of amides is 2. The molecule has 0 aliphatic rings. The van der Waals surface area contributed by atoms with Crippen molar-refractivity contribution in [3.63, 3.8) is 0 Å². The molecular formula is C34H36N2O4. The van der Waals surface area contributed by atoms with E-state index in [0.29, 0.717) is 32.4 Å². The fraction of sp³-hybridized carbons (Fsp3) is 0.235. The fourth-order valence-electron chi connectivity index (χ4n) is 4.62. The van der Waals surface area contributed by atoms with Crippen LogP contribution in [0.1, 0.15) is 34.7 Å². The SMILES string of the molecule is COc1ccc(CCNC(=O)C(c2ccccc2)N(Cc2ccc(OC)cc2)C(=O)CCc2ccccc2)cc1. The molecule has 0 radical (unpaired) electrons. The maximum atomic E-state index is 13.8. The number of rotatable bonds is 13. The molecule has 1 unspecified atom stereocenters. The minimum Gasteiger partial charge on any atom is -0.497 e. The summed E-state index contributed by atoms with van der Waals surface area (Å²) in [5, 5.41) is 3.09. The Balaban J connectivity index is 1.57. The number of aryl methyl sites for hydroxylation is 1. The molecule has 4 rings (SSSR count). The molecule has 0 aliphatic carbocycles. The van der Waals surface area contributed by atoms with E-state index in [1.165, 1.54) is 0 Å². The van der Waals surface area contributed by atoms with Gasteiger partial charge in [0.15, 0.2) is 0 Å². The molecule has 6 heteroatoms. The Morgan fingerprint density at radius 2 is 1.20 bits per heavy atom. The Morgan fingerprint density at radius 3 is 1.77 bits per heavy atom. The molecule has 2 amide bonds. The summed E-state index contributed by atoms with van der Waals surface area (Å²) in [6, 6.07) is 34.1. The lowest BCUT2D eigenvalue weighted by molar-refractivity contribution is -0.141. The predicted octanol–water partition coefficient (Wildman–Crippen LogP) is 5.77. The molecule has 0 fully saturated rings. The quantitative estimate of drug-likeness (QED) is 0.236. The Bertz CT molecular complexity index is 1340. The van der Waals surface area contributed by atoms with Gasteiger partial charge in [0.05, 0.1) is 14.2 Å². The van der Waals surface area contributed by atoms with Gasteiger partial charge in [0.25, 0.3) is 0 Å². The fourth-order valence-corrected chi connectivity index (χ4v) is 4.62. The summed E-state index contributed by atoms with van der Waals surface area (Å²) in [5.41, 5.74) is 3.86. The monoisotopic (exact) mass is 536 g/mol. The topological polar surface area (TPSA) is 67.9 Å². The highest BCUT2D eigenvalue weighted by molar-refractivity contribution is 5.88. The van der Waals surface area contributed by atoms with Gasteiger partial charge >= 0.3 is 0 Å². The molecule has 4 aromatic rings. The normalized spacial score (nSPS) is 11.3. The lowest BCUT2D eigenvalue weighted by atomic mass is 10.0. The second-order valence-electron chi connectivity index (χ2n) is 9.56. The number of nitrogens with one attached hydrogen (secondary N) is 1. The van der Waals surface area contributed by atoms with Gasteiger partial charge in [-0.05, 0) is 59.4 Å². The first-order valence-corrected chi connectivity index (χ1v) is 13.5. The Hall–Kier alpha value is -4.58. The van der Waals surface area contributed by atoms with Crippen LogP contribution < -0.4 is 14.8 Å². The van der Waals surface area contributed by atoms with E-state index in [2.05, 4.69) is 5.32 Å². The van der Waals surface area contributed by atoms with Crippen molar-refractivity contribution in [2.75, 3.05) is 20.8 Å². The number of hydrogen-bond acceptors (Lipinski definition) is 4. The zero-order valence-corrected chi connectivity index (χ0v) is 23.1. The van der Waals surface area contributed by atoms with Crippen LogP contribution in [0.4, 0.5) is 0 Å². The molecule has 0 saturated carbocycles. The van der Waals surface area contributed by atoms with E-state index < -0.39 is 6.04 Å². The van der Waals surface area contributed by atoms with Crippen molar-refractivity contribution < 1.29 is 19.1 Å². The van der Waals surface area contributed by atoms with E-state index in [4.69, 9.17) is 9.47 Å². The van der Waals surface area contributed by atoms with Crippen LogP contribution in [0.5, 0.6) is 11.5 Å². The molecule has 6 nitrogen and oxygen atoms in total. The third-order valence-electron chi connectivity index (χ3n) is 6.85. The van der Waals surface area contributed by atoms with Crippen molar-refractivity contribution in [3.8, 4) is 11.5 Å². The van der Waals surface area contributed by atoms with E-state index in [9.17, 15) is 9.59 Å². The van der Waals surface area contributed by atoms with Gasteiger partial charge in [-0.1, -0.05) is 84.9 Å². The largest absolute Gasteiger partial charge is 0.497 e. The zero-order chi connectivity index (χ0) is 28.2. The van der Waals surface area contributed by atoms with Crippen molar-refractivity contribution in [1.82, 2.24) is 10.2 Å². The van der Waals surface area contributed by atoms with Crippen LogP contribution in [-0.4, -0.2) is 37.5 Å². The highest BCUT2D eigenvalue weighted by atomic mass is 16.5. The maximum Gasteiger partial charge on any atom is 0.247 e. The van der Waals surface area contributed by atoms with Gasteiger partial charge in [0.2, 0.25) is 11.8 Å². The number of carbonyl (C=O) groups excluding carboxylic acids is 2. The predicted molar refractivity (Wildman–Crippen MR) is 157 cm³/mol. The molecular weight excluding hydrogens is 500 g/mol. The maximum absolute atomic E-state index is 13.8. The number of hydrogen-bond donors (Lipinski definition) is 1. The Morgan fingerprint density at radius 1 is 0.675 bits per heavy atom. The molecule has 0 heterocycles. The molecule has 1 N–H and O–H groups in total. The first kappa shape index (κ1) is 28.4. The van der Waals surface area contributed by atoms with Crippen LogP contribution in [0.3, 0.4) is 0 Å². The lowest BCUT2D eigenvalue weighted by Gasteiger charge is -2.32. The van der Waals surface area contributed by atoms with Crippen LogP contribution in [-0.2, 0) is 29.0 Å². The number of nitrogens with zero attached hydrogens (tertiary/aromatic N) is 1. The van der Waals surface area contributed by atoms with Gasteiger partial charge < -0.3 is 19.7 Å². The van der Waals surface area contributed by atoms with Crippen LogP contribution in [0.2, 0.25) is 0 Å². The van der Waals surface area contributed by atoms with Gasteiger partial charge in [-0.3, -0.25) is 9.59 Å². The first-order valence-electron chi connectivity index (χ1n) is 13.5. The Kier molecular flexibility index (Phi) is 10.3. The molecule has 206 valence electrons. The summed E-state index contributed by atoms with van der Waals surface area (Å²) < 4.78 is 10.5. The van der Waals surface area contributed by atoms with Crippen molar-refractivity contribution in [3.05, 3.63) is 131 Å². The van der Waals surface area contributed by atoms with E-state index in [1.807, 2.05) is 109 Å². The van der Waals surface area contributed by atoms with E-state index >= 15 is 0 Å². The van der Waals surface area contributed by atoms with Crippen LogP contribution in [0.25, 0.3) is 0 Å². The second-order valence-corrected chi connectivity index (χ2v) is 9.56. The number of benzene rings is 4. The first-order chi connectivity index (χ1) is 19.6. The van der Waals surface area contributed by atoms with Crippen molar-refractivity contribution >= 4 is 11.8 Å². The molecule has 0 aromatic heterocycles. The standard InChI is InChI=1S/C34H36N2O4/c1-39-30-18-13-27(14-19-30)23-24-35-34(38)33(29-11-7-4-8-12-29)36(25-28-15-20-31(40-2)21-16-28)32(37)22-17-26-9-5-3-6-10-26/h3-16,18-21,33H,17,22-25H2,1-2H3,(H,35,38). The smallest absolute Gasteiger partial charge is 0.247 e. The van der Waals surface area contributed by atoms with Gasteiger partial charge in [0, 0.05) is 19.5 Å². The molecule has 1 atom stereocenters. The molecule has 40 heavy (non-hydrogen) atoms. The van der Waals surface area contributed by atoms with E-state index in [0.717, 1.165) is 33.8 Å².